The maximum atomic E-state index is 12.0. The lowest BCUT2D eigenvalue weighted by Crippen LogP contribution is -2.39. The molecule has 1 N–H and O–H groups in total. The predicted molar refractivity (Wildman–Crippen MR) is 110 cm³/mol. The number of hydrogen-bond acceptors (Lipinski definition) is 4. The second kappa shape index (κ2) is 7.70. The Labute approximate surface area is 169 Å². The number of ether oxygens (including phenoxy) is 1. The number of carboxylic acid groups (broad SMARTS) is 1. The average molecular weight is 389 g/mol. The number of fused-ring (bicyclic) bond motifs is 1. The molecule has 0 amide bonds. The third-order valence-electron chi connectivity index (χ3n) is 5.78. The fourth-order valence-electron chi connectivity index (χ4n) is 4.24. The van der Waals surface area contributed by atoms with E-state index in [0.29, 0.717) is 24.3 Å². The summed E-state index contributed by atoms with van der Waals surface area (Å²) >= 11 is 0. The molecule has 0 bridgehead atoms. The molecule has 0 saturated carbocycles. The largest absolute Gasteiger partial charge is 0.478 e. The highest BCUT2D eigenvalue weighted by Gasteiger charge is 2.25. The summed E-state index contributed by atoms with van der Waals surface area (Å²) in [6.07, 6.45) is 1.99. The fourth-order valence-corrected chi connectivity index (χ4v) is 4.24. The summed E-state index contributed by atoms with van der Waals surface area (Å²) < 4.78 is 7.57. The Morgan fingerprint density at radius 1 is 1.24 bits per heavy atom. The molecule has 1 unspecified atom stereocenters. The van der Waals surface area contributed by atoms with Crippen LogP contribution in [0.25, 0.3) is 16.6 Å². The molecule has 1 aliphatic rings. The van der Waals surface area contributed by atoms with E-state index >= 15 is 0 Å². The monoisotopic (exact) mass is 389 g/mol. The van der Waals surface area contributed by atoms with Crippen LogP contribution in [0.4, 0.5) is 0 Å². The van der Waals surface area contributed by atoms with E-state index in [1.807, 2.05) is 37.4 Å². The van der Waals surface area contributed by atoms with Gasteiger partial charge in [0.15, 0.2) is 0 Å². The lowest BCUT2D eigenvalue weighted by molar-refractivity contribution is 0.0187. The van der Waals surface area contributed by atoms with E-state index in [2.05, 4.69) is 22.3 Å². The predicted octanol–water partition coefficient (Wildman–Crippen LogP) is 3.88. The minimum absolute atomic E-state index is 0.0476. The van der Waals surface area contributed by atoms with Gasteiger partial charge in [-0.2, -0.15) is 5.26 Å². The molecule has 6 nitrogen and oxygen atoms in total. The third-order valence-corrected chi connectivity index (χ3v) is 5.78. The molecule has 0 spiro atoms. The van der Waals surface area contributed by atoms with E-state index in [4.69, 9.17) is 4.74 Å². The molecule has 6 heteroatoms. The van der Waals surface area contributed by atoms with Gasteiger partial charge in [0.25, 0.3) is 0 Å². The summed E-state index contributed by atoms with van der Waals surface area (Å²) in [5, 5.41) is 19.1. The Hall–Kier alpha value is -3.14. The average Bonchev–Trinajstić information content (AvgIpc) is 3.17. The Kier molecular flexibility index (Phi) is 5.10. The highest BCUT2D eigenvalue weighted by atomic mass is 16.5. The van der Waals surface area contributed by atoms with Gasteiger partial charge in [0, 0.05) is 36.6 Å². The molecule has 0 radical (unpaired) electrons. The number of morpholine rings is 1. The van der Waals surface area contributed by atoms with Crippen LogP contribution < -0.4 is 0 Å². The van der Waals surface area contributed by atoms with E-state index < -0.39 is 5.97 Å². The molecule has 1 fully saturated rings. The minimum atomic E-state index is -0.932. The quantitative estimate of drug-likeness (QED) is 0.733. The van der Waals surface area contributed by atoms with Crippen LogP contribution in [0, 0.1) is 18.3 Å². The summed E-state index contributed by atoms with van der Waals surface area (Å²) in [7, 11) is 0. The van der Waals surface area contributed by atoms with Gasteiger partial charge in [0.05, 0.1) is 35.9 Å². The molecule has 3 aromatic rings. The number of rotatable bonds is 4. The number of nitriles is 1. The topological polar surface area (TPSA) is 78.0 Å². The van der Waals surface area contributed by atoms with Crippen LogP contribution in [-0.4, -0.2) is 46.7 Å². The van der Waals surface area contributed by atoms with E-state index in [1.165, 1.54) is 0 Å². The van der Waals surface area contributed by atoms with Crippen molar-refractivity contribution in [2.24, 2.45) is 0 Å². The number of aromatic carboxylic acids is 1. The third kappa shape index (κ3) is 3.39. The first-order chi connectivity index (χ1) is 14.0. The number of nitrogens with zero attached hydrogens (tertiary/aromatic N) is 3. The highest BCUT2D eigenvalue weighted by molar-refractivity contribution is 5.94. The normalized spacial score (nSPS) is 15.9. The first-order valence-corrected chi connectivity index (χ1v) is 9.71. The zero-order valence-corrected chi connectivity index (χ0v) is 16.6. The Morgan fingerprint density at radius 3 is 2.69 bits per heavy atom. The maximum Gasteiger partial charge on any atom is 0.336 e. The van der Waals surface area contributed by atoms with Gasteiger partial charge in [-0.15, -0.1) is 0 Å². The van der Waals surface area contributed by atoms with Crippen molar-refractivity contribution < 1.29 is 14.6 Å². The molecule has 1 saturated heterocycles. The van der Waals surface area contributed by atoms with E-state index in [1.54, 1.807) is 12.1 Å². The maximum absolute atomic E-state index is 12.0. The van der Waals surface area contributed by atoms with Gasteiger partial charge in [-0.3, -0.25) is 4.90 Å². The molecule has 0 aliphatic carbocycles. The summed E-state index contributed by atoms with van der Waals surface area (Å²) in [4.78, 5) is 14.3. The number of carboxylic acids is 1. The number of hydrogen-bond donors (Lipinski definition) is 1. The van der Waals surface area contributed by atoms with Gasteiger partial charge < -0.3 is 14.2 Å². The smallest absolute Gasteiger partial charge is 0.336 e. The molecule has 29 heavy (non-hydrogen) atoms. The van der Waals surface area contributed by atoms with Crippen molar-refractivity contribution >= 4 is 11.5 Å². The first-order valence-electron chi connectivity index (χ1n) is 9.71. The van der Waals surface area contributed by atoms with E-state index in [-0.39, 0.29) is 6.04 Å². The molecular weight excluding hydrogens is 366 g/mol. The van der Waals surface area contributed by atoms with Crippen molar-refractivity contribution in [3.05, 3.63) is 65.0 Å². The molecule has 2 aromatic heterocycles. The van der Waals surface area contributed by atoms with E-state index in [0.717, 1.165) is 41.0 Å². The van der Waals surface area contributed by atoms with Crippen LogP contribution in [0.3, 0.4) is 0 Å². The lowest BCUT2D eigenvalue weighted by atomic mass is 9.99. The van der Waals surface area contributed by atoms with Crippen LogP contribution in [0.2, 0.25) is 0 Å². The second-order valence-corrected chi connectivity index (χ2v) is 7.37. The van der Waals surface area contributed by atoms with Crippen LogP contribution in [0.15, 0.2) is 42.6 Å². The molecule has 1 aliphatic heterocycles. The van der Waals surface area contributed by atoms with Crippen molar-refractivity contribution in [1.29, 1.82) is 5.26 Å². The summed E-state index contributed by atoms with van der Waals surface area (Å²) in [5.41, 5.74) is 5.29. The molecule has 1 aromatic carbocycles. The number of aromatic nitrogens is 1. The summed E-state index contributed by atoms with van der Waals surface area (Å²) in [6, 6.07) is 13.3. The molecular formula is C23H23N3O3. The first kappa shape index (κ1) is 19.2. The van der Waals surface area contributed by atoms with Crippen LogP contribution >= 0.6 is 0 Å². The summed E-state index contributed by atoms with van der Waals surface area (Å²) in [5.74, 6) is -0.932. The second-order valence-electron chi connectivity index (χ2n) is 7.37. The number of pyridine rings is 1. The molecule has 1 atom stereocenters. The van der Waals surface area contributed by atoms with Crippen LogP contribution in [-0.2, 0) is 4.74 Å². The zero-order chi connectivity index (χ0) is 20.5. The van der Waals surface area contributed by atoms with Crippen molar-refractivity contribution in [1.82, 2.24) is 9.30 Å². The fraction of sp³-hybridized carbons (Fsp3) is 0.304. The molecule has 148 valence electrons. The van der Waals surface area contributed by atoms with Gasteiger partial charge >= 0.3 is 5.97 Å². The highest BCUT2D eigenvalue weighted by Crippen LogP contribution is 2.34. The van der Waals surface area contributed by atoms with Gasteiger partial charge in [0.2, 0.25) is 0 Å². The summed E-state index contributed by atoms with van der Waals surface area (Å²) in [6.45, 7) is 7.00. The van der Waals surface area contributed by atoms with Crippen LogP contribution in [0.5, 0.6) is 0 Å². The number of benzene rings is 1. The van der Waals surface area contributed by atoms with Gasteiger partial charge in [-0.25, -0.2) is 4.79 Å². The van der Waals surface area contributed by atoms with Crippen molar-refractivity contribution in [3.63, 3.8) is 0 Å². The number of carbonyl (C=O) groups is 1. The van der Waals surface area contributed by atoms with E-state index in [9.17, 15) is 15.2 Å². The Balaban J connectivity index is 1.93. The van der Waals surface area contributed by atoms with Gasteiger partial charge in [-0.05, 0) is 49.2 Å². The van der Waals surface area contributed by atoms with Crippen molar-refractivity contribution in [2.75, 3.05) is 26.3 Å². The minimum Gasteiger partial charge on any atom is -0.478 e. The van der Waals surface area contributed by atoms with Gasteiger partial charge in [-0.1, -0.05) is 12.1 Å². The van der Waals surface area contributed by atoms with Crippen molar-refractivity contribution in [2.45, 2.75) is 19.9 Å². The van der Waals surface area contributed by atoms with Crippen LogP contribution in [0.1, 0.15) is 40.1 Å². The molecule has 3 heterocycles. The SMILES string of the molecule is Cc1c(C(=O)O)cc2c(-c3cccc(C#N)c3)ccn2c1C(C)N1CCOCC1. The van der Waals surface area contributed by atoms with Crippen molar-refractivity contribution in [3.8, 4) is 17.2 Å². The standard InChI is InChI=1S/C23H23N3O3/c1-15-20(23(27)28)13-21-19(18-5-3-4-17(12-18)14-24)6-7-26(21)22(15)16(2)25-8-10-29-11-9-25/h3-7,12-13,16H,8-11H2,1-2H3,(H,27,28). The Morgan fingerprint density at radius 2 is 2.00 bits per heavy atom. The Bertz CT molecular complexity index is 1120. The molecule has 4 rings (SSSR count). The zero-order valence-electron chi connectivity index (χ0n) is 16.6. The lowest BCUT2D eigenvalue weighted by Gasteiger charge is -2.34. The van der Waals surface area contributed by atoms with Gasteiger partial charge in [0.1, 0.15) is 0 Å².